The molecule has 2 aromatic heterocycles. The molecule has 2 heterocycles. The van der Waals surface area contributed by atoms with Crippen LogP contribution in [-0.4, -0.2) is 15.5 Å². The number of imidazole rings is 1. The normalized spacial score (nSPS) is 15.2. The van der Waals surface area contributed by atoms with Crippen molar-refractivity contribution in [2.24, 2.45) is 0 Å². The van der Waals surface area contributed by atoms with Crippen molar-refractivity contribution in [3.05, 3.63) is 56.6 Å². The van der Waals surface area contributed by atoms with Gasteiger partial charge in [0.2, 0.25) is 0 Å². The van der Waals surface area contributed by atoms with Crippen molar-refractivity contribution in [1.82, 2.24) is 14.9 Å². The summed E-state index contributed by atoms with van der Waals surface area (Å²) in [7, 11) is 0. The summed E-state index contributed by atoms with van der Waals surface area (Å²) in [5.41, 5.74) is 2.12. The third-order valence-electron chi connectivity index (χ3n) is 4.67. The van der Waals surface area contributed by atoms with Gasteiger partial charge in [0.05, 0.1) is 17.6 Å². The number of nitrogens with one attached hydrogen (secondary N) is 2. The summed E-state index contributed by atoms with van der Waals surface area (Å²) in [6, 6.07) is 9.69. The van der Waals surface area contributed by atoms with Crippen LogP contribution in [0.25, 0.3) is 11.0 Å². The minimum absolute atomic E-state index is 0.0759. The summed E-state index contributed by atoms with van der Waals surface area (Å²) in [4.78, 5) is 28.6. The highest BCUT2D eigenvalue weighted by molar-refractivity contribution is 7.09. The van der Waals surface area contributed by atoms with Crippen LogP contribution < -0.4 is 11.0 Å². The Morgan fingerprint density at radius 3 is 2.88 bits per heavy atom. The van der Waals surface area contributed by atoms with Gasteiger partial charge >= 0.3 is 5.69 Å². The van der Waals surface area contributed by atoms with Crippen LogP contribution in [0.15, 0.2) is 40.5 Å². The molecule has 1 amide bonds. The number of fused-ring (bicyclic) bond motifs is 1. The molecule has 0 spiro atoms. The van der Waals surface area contributed by atoms with E-state index in [1.54, 1.807) is 23.5 Å². The van der Waals surface area contributed by atoms with Crippen LogP contribution in [0.2, 0.25) is 0 Å². The molecule has 4 rings (SSSR count). The average molecular weight is 341 g/mol. The molecule has 5 nitrogen and oxygen atoms in total. The van der Waals surface area contributed by atoms with E-state index in [-0.39, 0.29) is 17.6 Å². The summed E-state index contributed by atoms with van der Waals surface area (Å²) >= 11 is 1.62. The van der Waals surface area contributed by atoms with Crippen LogP contribution in [0.5, 0.6) is 0 Å². The maximum absolute atomic E-state index is 12.3. The summed E-state index contributed by atoms with van der Waals surface area (Å²) in [5.74, 6) is -0.125. The SMILES string of the molecule is O=C(NCc1cccs1)c1ccc2c(c1)[nH]c(=O)n2C1CCCC1. The van der Waals surface area contributed by atoms with Crippen molar-refractivity contribution in [3.63, 3.8) is 0 Å². The first-order chi connectivity index (χ1) is 11.7. The van der Waals surface area contributed by atoms with Crippen LogP contribution in [0.4, 0.5) is 0 Å². The molecular formula is C18H19N3O2S. The maximum Gasteiger partial charge on any atom is 0.326 e. The molecule has 1 aliphatic rings. The first-order valence-electron chi connectivity index (χ1n) is 8.27. The summed E-state index contributed by atoms with van der Waals surface area (Å²) in [6.07, 6.45) is 4.45. The van der Waals surface area contributed by atoms with E-state index >= 15 is 0 Å². The van der Waals surface area contributed by atoms with E-state index in [1.807, 2.05) is 28.1 Å². The molecule has 0 saturated heterocycles. The minimum atomic E-state index is -0.125. The predicted molar refractivity (Wildman–Crippen MR) is 95.6 cm³/mol. The Balaban J connectivity index is 1.59. The molecule has 2 N–H and O–H groups in total. The summed E-state index contributed by atoms with van der Waals surface area (Å²) < 4.78 is 1.86. The highest BCUT2D eigenvalue weighted by Gasteiger charge is 2.21. The second-order valence-electron chi connectivity index (χ2n) is 6.23. The van der Waals surface area contributed by atoms with Crippen LogP contribution in [-0.2, 0) is 6.54 Å². The smallest absolute Gasteiger partial charge is 0.326 e. The van der Waals surface area contributed by atoms with Gasteiger partial charge in [-0.2, -0.15) is 0 Å². The number of hydrogen-bond donors (Lipinski definition) is 2. The van der Waals surface area contributed by atoms with Gasteiger partial charge < -0.3 is 10.3 Å². The van der Waals surface area contributed by atoms with Gasteiger partial charge in [-0.3, -0.25) is 9.36 Å². The van der Waals surface area contributed by atoms with Gasteiger partial charge in [0.1, 0.15) is 0 Å². The lowest BCUT2D eigenvalue weighted by Gasteiger charge is -2.11. The van der Waals surface area contributed by atoms with Gasteiger partial charge in [0.25, 0.3) is 5.91 Å². The quantitative estimate of drug-likeness (QED) is 0.763. The zero-order valence-electron chi connectivity index (χ0n) is 13.2. The number of carbonyl (C=O) groups excluding carboxylic acids is 1. The number of amides is 1. The second-order valence-corrected chi connectivity index (χ2v) is 7.26. The van der Waals surface area contributed by atoms with Crippen molar-refractivity contribution < 1.29 is 4.79 Å². The highest BCUT2D eigenvalue weighted by atomic mass is 32.1. The van der Waals surface area contributed by atoms with Gasteiger partial charge in [-0.1, -0.05) is 18.9 Å². The molecule has 0 aliphatic heterocycles. The standard InChI is InChI=1S/C18H19N3O2S/c22-17(19-11-14-6-3-9-24-14)12-7-8-16-15(10-12)20-18(23)21(16)13-4-1-2-5-13/h3,6-10,13H,1-2,4-5,11H2,(H,19,22)(H,20,23). The molecule has 3 aromatic rings. The molecule has 0 unspecified atom stereocenters. The Morgan fingerprint density at radius 2 is 2.12 bits per heavy atom. The highest BCUT2D eigenvalue weighted by Crippen LogP contribution is 2.30. The maximum atomic E-state index is 12.3. The first-order valence-corrected chi connectivity index (χ1v) is 9.15. The number of H-pyrrole nitrogens is 1. The van der Waals surface area contributed by atoms with Crippen molar-refractivity contribution in [1.29, 1.82) is 0 Å². The number of rotatable bonds is 4. The lowest BCUT2D eigenvalue weighted by atomic mass is 10.1. The fourth-order valence-corrected chi connectivity index (χ4v) is 4.12. The second kappa shape index (κ2) is 6.28. The van der Waals surface area contributed by atoms with Gasteiger partial charge in [-0.05, 0) is 42.5 Å². The molecule has 6 heteroatoms. The zero-order chi connectivity index (χ0) is 16.5. The Morgan fingerprint density at radius 1 is 1.29 bits per heavy atom. The summed E-state index contributed by atoms with van der Waals surface area (Å²) in [5, 5.41) is 4.91. The van der Waals surface area contributed by atoms with E-state index in [1.165, 1.54) is 12.8 Å². The van der Waals surface area contributed by atoms with Crippen molar-refractivity contribution >= 4 is 28.3 Å². The Bertz CT molecular complexity index is 918. The van der Waals surface area contributed by atoms with Crippen LogP contribution in [0.3, 0.4) is 0 Å². The molecule has 0 radical (unpaired) electrons. The number of nitrogens with zero attached hydrogens (tertiary/aromatic N) is 1. The zero-order valence-corrected chi connectivity index (χ0v) is 14.1. The van der Waals surface area contributed by atoms with E-state index < -0.39 is 0 Å². The average Bonchev–Trinajstić information content (AvgIpc) is 3.31. The van der Waals surface area contributed by atoms with E-state index in [0.29, 0.717) is 12.1 Å². The lowest BCUT2D eigenvalue weighted by molar-refractivity contribution is 0.0951. The monoisotopic (exact) mass is 341 g/mol. The lowest BCUT2D eigenvalue weighted by Crippen LogP contribution is -2.22. The largest absolute Gasteiger partial charge is 0.347 e. The van der Waals surface area contributed by atoms with Gasteiger partial charge in [-0.15, -0.1) is 11.3 Å². The summed E-state index contributed by atoms with van der Waals surface area (Å²) in [6.45, 7) is 0.522. The number of aromatic amines is 1. The Kier molecular flexibility index (Phi) is 3.98. The van der Waals surface area contributed by atoms with E-state index in [4.69, 9.17) is 0 Å². The number of hydrogen-bond acceptors (Lipinski definition) is 3. The molecule has 1 fully saturated rings. The third-order valence-corrected chi connectivity index (χ3v) is 5.55. The van der Waals surface area contributed by atoms with Gasteiger partial charge in [0.15, 0.2) is 0 Å². The number of thiophene rings is 1. The molecule has 0 bridgehead atoms. The van der Waals surface area contributed by atoms with Gasteiger partial charge in [-0.25, -0.2) is 4.79 Å². The fraction of sp³-hybridized carbons (Fsp3) is 0.333. The van der Waals surface area contributed by atoms with Crippen LogP contribution in [0.1, 0.15) is 47.0 Å². The van der Waals surface area contributed by atoms with Crippen molar-refractivity contribution in [2.45, 2.75) is 38.3 Å². The number of carbonyl (C=O) groups is 1. The van der Waals surface area contributed by atoms with E-state index in [0.717, 1.165) is 28.8 Å². The first kappa shape index (κ1) is 15.2. The topological polar surface area (TPSA) is 66.9 Å². The molecule has 1 saturated carbocycles. The fourth-order valence-electron chi connectivity index (χ4n) is 3.48. The Hall–Kier alpha value is -2.34. The van der Waals surface area contributed by atoms with Crippen LogP contribution >= 0.6 is 11.3 Å². The van der Waals surface area contributed by atoms with Crippen LogP contribution in [0, 0.1) is 0 Å². The van der Waals surface area contributed by atoms with Gasteiger partial charge in [0, 0.05) is 16.5 Å². The van der Waals surface area contributed by atoms with E-state index in [9.17, 15) is 9.59 Å². The van der Waals surface area contributed by atoms with E-state index in [2.05, 4.69) is 10.3 Å². The molecule has 1 aromatic carbocycles. The third kappa shape index (κ3) is 2.78. The number of aromatic nitrogens is 2. The molecule has 1 aliphatic carbocycles. The Labute approximate surface area is 143 Å². The molecule has 0 atom stereocenters. The van der Waals surface area contributed by atoms with Crippen molar-refractivity contribution in [2.75, 3.05) is 0 Å². The molecule has 24 heavy (non-hydrogen) atoms. The minimum Gasteiger partial charge on any atom is -0.347 e. The molecule has 124 valence electrons. The number of benzene rings is 1. The predicted octanol–water partition coefficient (Wildman–Crippen LogP) is 3.44. The van der Waals surface area contributed by atoms with Crippen molar-refractivity contribution in [3.8, 4) is 0 Å². The molecular weight excluding hydrogens is 322 g/mol.